The van der Waals surface area contributed by atoms with E-state index in [1.165, 1.54) is 5.52 Å². The first-order chi connectivity index (χ1) is 7.40. The van der Waals surface area contributed by atoms with E-state index in [0.29, 0.717) is 11.9 Å². The van der Waals surface area contributed by atoms with E-state index in [4.69, 9.17) is 11.6 Å². The summed E-state index contributed by atoms with van der Waals surface area (Å²) in [5.74, 6) is 1.67. The first-order valence-electron chi connectivity index (χ1n) is 5.17. The number of benzene rings is 1. The zero-order valence-electron chi connectivity index (χ0n) is 8.28. The molecule has 0 bridgehead atoms. The minimum absolute atomic E-state index is 0.449. The molecule has 0 radical (unpaired) electrons. The molecular formula is C11H12ClN3. The minimum Gasteiger partial charge on any atom is -0.354 e. The highest BCUT2D eigenvalue weighted by Gasteiger charge is 2.24. The van der Waals surface area contributed by atoms with E-state index in [0.717, 1.165) is 24.4 Å². The van der Waals surface area contributed by atoms with E-state index < -0.39 is 0 Å². The minimum atomic E-state index is 0.449. The summed E-state index contributed by atoms with van der Waals surface area (Å²) in [6.07, 6.45) is 0.988. The van der Waals surface area contributed by atoms with Gasteiger partial charge in [0.25, 0.3) is 0 Å². The van der Waals surface area contributed by atoms with Gasteiger partial charge in [0.15, 0.2) is 0 Å². The Kier molecular flexibility index (Phi) is 2.06. The molecule has 1 N–H and O–H groups in total. The fraction of sp³-hybridized carbons (Fsp3) is 0.364. The molecule has 2 aromatic rings. The molecule has 1 aromatic heterocycles. The van der Waals surface area contributed by atoms with Gasteiger partial charge in [-0.15, -0.1) is 11.6 Å². The van der Waals surface area contributed by atoms with Crippen molar-refractivity contribution in [3.8, 4) is 0 Å². The van der Waals surface area contributed by atoms with Gasteiger partial charge in [0.05, 0.1) is 17.1 Å². The van der Waals surface area contributed by atoms with E-state index >= 15 is 0 Å². The average Bonchev–Trinajstić information content (AvgIpc) is 2.78. The maximum absolute atomic E-state index is 5.80. The van der Waals surface area contributed by atoms with Crippen LogP contribution in [0.5, 0.6) is 0 Å². The van der Waals surface area contributed by atoms with Gasteiger partial charge in [0.2, 0.25) is 5.95 Å². The third-order valence-electron chi connectivity index (χ3n) is 2.90. The Hall–Kier alpha value is -1.22. The predicted molar refractivity (Wildman–Crippen MR) is 62.6 cm³/mol. The molecule has 1 aliphatic heterocycles. The maximum Gasteiger partial charge on any atom is 0.204 e. The van der Waals surface area contributed by atoms with Crippen LogP contribution in [0.25, 0.3) is 11.0 Å². The average molecular weight is 222 g/mol. The van der Waals surface area contributed by atoms with Crippen molar-refractivity contribution in [1.82, 2.24) is 9.55 Å². The van der Waals surface area contributed by atoms with Gasteiger partial charge in [-0.1, -0.05) is 12.1 Å². The molecule has 1 unspecified atom stereocenters. The SMILES string of the molecule is ClCCC1CNc2nc3ccccc3n21. The highest BCUT2D eigenvalue weighted by molar-refractivity contribution is 6.17. The second-order valence-corrected chi connectivity index (χ2v) is 4.18. The number of halogens is 1. The van der Waals surface area contributed by atoms with Crippen LogP contribution in [0.3, 0.4) is 0 Å². The fourth-order valence-corrected chi connectivity index (χ4v) is 2.45. The lowest BCUT2D eigenvalue weighted by molar-refractivity contribution is 0.571. The Morgan fingerprint density at radius 1 is 1.47 bits per heavy atom. The molecule has 0 aliphatic carbocycles. The van der Waals surface area contributed by atoms with Gasteiger partial charge in [-0.25, -0.2) is 4.98 Å². The van der Waals surface area contributed by atoms with Crippen molar-refractivity contribution in [1.29, 1.82) is 0 Å². The molecule has 78 valence electrons. The van der Waals surface area contributed by atoms with E-state index in [-0.39, 0.29) is 0 Å². The predicted octanol–water partition coefficient (Wildman–Crippen LogP) is 2.63. The van der Waals surface area contributed by atoms with Crippen molar-refractivity contribution >= 4 is 28.6 Å². The molecule has 3 nitrogen and oxygen atoms in total. The lowest BCUT2D eigenvalue weighted by Gasteiger charge is -2.10. The molecule has 0 spiro atoms. The standard InChI is InChI=1S/C11H12ClN3/c12-6-5-8-7-13-11-14-9-3-1-2-4-10(9)15(8)11/h1-4,8H,5-7H2,(H,13,14). The van der Waals surface area contributed by atoms with Gasteiger partial charge in [0, 0.05) is 12.4 Å². The first-order valence-corrected chi connectivity index (χ1v) is 5.70. The van der Waals surface area contributed by atoms with E-state index in [1.54, 1.807) is 0 Å². The second-order valence-electron chi connectivity index (χ2n) is 3.81. The Bertz CT molecular complexity index is 492. The molecular weight excluding hydrogens is 210 g/mol. The molecule has 1 atom stereocenters. The summed E-state index contributed by atoms with van der Waals surface area (Å²) in [7, 11) is 0. The first kappa shape index (κ1) is 9.04. The highest BCUT2D eigenvalue weighted by atomic mass is 35.5. The number of anilines is 1. The van der Waals surface area contributed by atoms with Gasteiger partial charge in [-0.3, -0.25) is 0 Å². The zero-order valence-corrected chi connectivity index (χ0v) is 9.04. The molecule has 1 aromatic carbocycles. The molecule has 0 saturated heterocycles. The third kappa shape index (κ3) is 1.30. The van der Waals surface area contributed by atoms with Crippen molar-refractivity contribution in [3.05, 3.63) is 24.3 Å². The van der Waals surface area contributed by atoms with Crippen LogP contribution in [0.4, 0.5) is 5.95 Å². The normalized spacial score (nSPS) is 19.1. The monoisotopic (exact) mass is 221 g/mol. The largest absolute Gasteiger partial charge is 0.354 e. The number of aromatic nitrogens is 2. The summed E-state index contributed by atoms with van der Waals surface area (Å²) >= 11 is 5.80. The summed E-state index contributed by atoms with van der Waals surface area (Å²) in [5, 5.41) is 3.32. The fourth-order valence-electron chi connectivity index (χ4n) is 2.20. The number of imidazole rings is 1. The molecule has 4 heteroatoms. The number of nitrogens with one attached hydrogen (secondary N) is 1. The summed E-state index contributed by atoms with van der Waals surface area (Å²) < 4.78 is 2.26. The molecule has 0 fully saturated rings. The van der Waals surface area contributed by atoms with Crippen LogP contribution in [0, 0.1) is 0 Å². The molecule has 1 aliphatic rings. The number of nitrogens with zero attached hydrogens (tertiary/aromatic N) is 2. The van der Waals surface area contributed by atoms with Crippen molar-refractivity contribution < 1.29 is 0 Å². The van der Waals surface area contributed by atoms with Crippen LogP contribution in [-0.2, 0) is 0 Å². The number of rotatable bonds is 2. The molecule has 3 rings (SSSR count). The van der Waals surface area contributed by atoms with Gasteiger partial charge in [0.1, 0.15) is 0 Å². The van der Waals surface area contributed by atoms with Gasteiger partial charge >= 0.3 is 0 Å². The van der Waals surface area contributed by atoms with E-state index in [1.807, 2.05) is 18.2 Å². The lowest BCUT2D eigenvalue weighted by atomic mass is 10.2. The highest BCUT2D eigenvalue weighted by Crippen LogP contribution is 2.31. The molecule has 0 saturated carbocycles. The van der Waals surface area contributed by atoms with Crippen molar-refractivity contribution in [2.24, 2.45) is 0 Å². The van der Waals surface area contributed by atoms with E-state index in [9.17, 15) is 0 Å². The van der Waals surface area contributed by atoms with E-state index in [2.05, 4.69) is 20.9 Å². The number of hydrogen-bond acceptors (Lipinski definition) is 2. The van der Waals surface area contributed by atoms with Crippen LogP contribution in [-0.4, -0.2) is 22.0 Å². The third-order valence-corrected chi connectivity index (χ3v) is 3.12. The summed E-state index contributed by atoms with van der Waals surface area (Å²) in [6.45, 7) is 0.944. The maximum atomic E-state index is 5.80. The van der Waals surface area contributed by atoms with Crippen LogP contribution < -0.4 is 5.32 Å². The molecule has 15 heavy (non-hydrogen) atoms. The van der Waals surface area contributed by atoms with Crippen molar-refractivity contribution in [2.75, 3.05) is 17.7 Å². The summed E-state index contributed by atoms with van der Waals surface area (Å²) in [4.78, 5) is 4.53. The Balaban J connectivity index is 2.16. The number of hydrogen-bond donors (Lipinski definition) is 1. The lowest BCUT2D eigenvalue weighted by Crippen LogP contribution is -2.08. The van der Waals surface area contributed by atoms with Crippen LogP contribution >= 0.6 is 11.6 Å². The number of fused-ring (bicyclic) bond motifs is 3. The quantitative estimate of drug-likeness (QED) is 0.791. The van der Waals surface area contributed by atoms with Crippen LogP contribution in [0.2, 0.25) is 0 Å². The van der Waals surface area contributed by atoms with Gasteiger partial charge in [-0.05, 0) is 18.6 Å². The smallest absolute Gasteiger partial charge is 0.204 e. The number of alkyl halides is 1. The topological polar surface area (TPSA) is 29.9 Å². The summed E-state index contributed by atoms with van der Waals surface area (Å²) in [5.41, 5.74) is 2.26. The Morgan fingerprint density at radius 3 is 3.20 bits per heavy atom. The second kappa shape index (κ2) is 3.42. The molecule has 2 heterocycles. The van der Waals surface area contributed by atoms with Gasteiger partial charge < -0.3 is 9.88 Å². The number of para-hydroxylation sites is 2. The Labute approximate surface area is 93.1 Å². The van der Waals surface area contributed by atoms with Crippen molar-refractivity contribution in [3.63, 3.8) is 0 Å². The van der Waals surface area contributed by atoms with Crippen molar-refractivity contribution in [2.45, 2.75) is 12.5 Å². The van der Waals surface area contributed by atoms with Crippen LogP contribution in [0.1, 0.15) is 12.5 Å². The molecule has 0 amide bonds. The summed E-state index contributed by atoms with van der Waals surface area (Å²) in [6, 6.07) is 8.67. The Morgan fingerprint density at radius 2 is 2.33 bits per heavy atom. The van der Waals surface area contributed by atoms with Crippen LogP contribution in [0.15, 0.2) is 24.3 Å². The zero-order chi connectivity index (χ0) is 10.3. The van der Waals surface area contributed by atoms with Gasteiger partial charge in [-0.2, -0.15) is 0 Å².